The summed E-state index contributed by atoms with van der Waals surface area (Å²) in [5.41, 5.74) is 1.94. The van der Waals surface area contributed by atoms with Crippen LogP contribution in [0.5, 0.6) is 0 Å². The molecule has 2 aliphatic rings. The molecule has 0 spiro atoms. The van der Waals surface area contributed by atoms with Gasteiger partial charge in [0.2, 0.25) is 0 Å². The van der Waals surface area contributed by atoms with E-state index in [-0.39, 0.29) is 0 Å². The topological polar surface area (TPSA) is 61.4 Å². The lowest BCUT2D eigenvalue weighted by atomic mass is 10.1. The van der Waals surface area contributed by atoms with E-state index >= 15 is 0 Å². The molecule has 2 fully saturated rings. The van der Waals surface area contributed by atoms with Crippen molar-refractivity contribution in [2.45, 2.75) is 77.3 Å². The molecule has 6 heteroatoms. The van der Waals surface area contributed by atoms with Gasteiger partial charge in [-0.2, -0.15) is 0 Å². The van der Waals surface area contributed by atoms with Crippen LogP contribution in [-0.4, -0.2) is 30.0 Å². The fraction of sp³-hybridized carbons (Fsp3) is 0.462. The molecular formula is C26H34N6. The molecule has 0 aromatic carbocycles. The van der Waals surface area contributed by atoms with Crippen molar-refractivity contribution in [2.24, 2.45) is 0 Å². The fourth-order valence-corrected chi connectivity index (χ4v) is 4.13. The highest BCUT2D eigenvalue weighted by atomic mass is 15.4. The maximum Gasteiger partial charge on any atom is 0.0904 e. The Bertz CT molecular complexity index is 690. The smallest absolute Gasteiger partial charge is 0.0904 e. The minimum atomic E-state index is 0.966. The highest BCUT2D eigenvalue weighted by Crippen LogP contribution is 2.29. The maximum absolute atomic E-state index is 4.26. The molecule has 168 valence electrons. The molecule has 2 saturated carbocycles. The van der Waals surface area contributed by atoms with Crippen LogP contribution in [0.4, 0.5) is 0 Å². The predicted octanol–water partition coefficient (Wildman–Crippen LogP) is 4.98. The summed E-state index contributed by atoms with van der Waals surface area (Å²) in [6.45, 7) is 1.93. The third kappa shape index (κ3) is 7.41. The SMILES string of the molecule is [CH]1[CH][CH][C](c2cn(CCCCCCCCCCCCn3cc([C]4[CH][CH][CH][CH]4)nn3)nn2)[CH]1. The molecule has 0 aliphatic heterocycles. The Morgan fingerprint density at radius 2 is 0.812 bits per heavy atom. The van der Waals surface area contributed by atoms with Crippen LogP contribution in [-0.2, 0) is 13.1 Å². The number of aryl methyl sites for hydroxylation is 2. The predicted molar refractivity (Wildman–Crippen MR) is 125 cm³/mol. The summed E-state index contributed by atoms with van der Waals surface area (Å²) in [6.07, 6.45) is 33.5. The summed E-state index contributed by atoms with van der Waals surface area (Å²) in [4.78, 5) is 0. The van der Waals surface area contributed by atoms with Gasteiger partial charge in [-0.3, -0.25) is 9.36 Å². The average Bonchev–Trinajstić information content (AvgIpc) is 3.62. The van der Waals surface area contributed by atoms with Crippen molar-refractivity contribution >= 4 is 0 Å². The van der Waals surface area contributed by atoms with E-state index in [1.165, 1.54) is 64.2 Å². The Hall–Kier alpha value is -1.72. The summed E-state index contributed by atoms with van der Waals surface area (Å²) in [7, 11) is 0. The van der Waals surface area contributed by atoms with Gasteiger partial charge in [-0.15, -0.1) is 10.2 Å². The molecule has 0 bridgehead atoms. The molecule has 2 aromatic heterocycles. The number of hydrogen-bond acceptors (Lipinski definition) is 4. The van der Waals surface area contributed by atoms with Gasteiger partial charge in [0, 0.05) is 37.3 Å². The van der Waals surface area contributed by atoms with Crippen molar-refractivity contribution in [1.29, 1.82) is 0 Å². The van der Waals surface area contributed by atoms with Crippen molar-refractivity contribution in [2.75, 3.05) is 0 Å². The summed E-state index contributed by atoms with van der Waals surface area (Å²) in [5.74, 6) is 2.30. The number of rotatable bonds is 15. The second-order valence-corrected chi connectivity index (χ2v) is 8.62. The van der Waals surface area contributed by atoms with Crippen LogP contribution in [0.2, 0.25) is 0 Å². The summed E-state index contributed by atoms with van der Waals surface area (Å²) >= 11 is 0. The van der Waals surface area contributed by atoms with Gasteiger partial charge in [-0.1, -0.05) is 61.8 Å². The van der Waals surface area contributed by atoms with E-state index in [9.17, 15) is 0 Å². The van der Waals surface area contributed by atoms with Crippen molar-refractivity contribution in [3.63, 3.8) is 0 Å². The average molecular weight is 431 g/mol. The van der Waals surface area contributed by atoms with Gasteiger partial charge >= 0.3 is 0 Å². The fourth-order valence-electron chi connectivity index (χ4n) is 4.13. The minimum Gasteiger partial charge on any atom is -0.252 e. The lowest BCUT2D eigenvalue weighted by molar-refractivity contribution is 0.495. The van der Waals surface area contributed by atoms with E-state index in [1.54, 1.807) is 0 Å². The lowest BCUT2D eigenvalue weighted by Gasteiger charge is -2.04. The summed E-state index contributed by atoms with van der Waals surface area (Å²) < 4.78 is 3.95. The van der Waals surface area contributed by atoms with Gasteiger partial charge in [0.15, 0.2) is 0 Å². The van der Waals surface area contributed by atoms with Gasteiger partial charge in [0.05, 0.1) is 11.4 Å². The number of nitrogens with zero attached hydrogens (tertiary/aromatic N) is 6. The van der Waals surface area contributed by atoms with E-state index in [4.69, 9.17) is 0 Å². The Balaban J connectivity index is 0.935. The molecule has 32 heavy (non-hydrogen) atoms. The normalized spacial score (nSPS) is 17.6. The highest BCUT2D eigenvalue weighted by molar-refractivity contribution is 5.46. The minimum absolute atomic E-state index is 0.966. The van der Waals surface area contributed by atoms with Crippen LogP contribution in [0.3, 0.4) is 0 Å². The van der Waals surface area contributed by atoms with Crippen LogP contribution in [0.1, 0.15) is 75.6 Å². The molecule has 0 saturated heterocycles. The highest BCUT2D eigenvalue weighted by Gasteiger charge is 2.22. The largest absolute Gasteiger partial charge is 0.252 e. The van der Waals surface area contributed by atoms with E-state index in [1.807, 2.05) is 35.0 Å². The van der Waals surface area contributed by atoms with Gasteiger partial charge in [0.1, 0.15) is 0 Å². The molecule has 10 radical (unpaired) electrons. The Morgan fingerprint density at radius 1 is 0.469 bits per heavy atom. The van der Waals surface area contributed by atoms with Crippen molar-refractivity contribution in [3.05, 3.63) is 87.0 Å². The third-order valence-electron chi connectivity index (χ3n) is 6.02. The molecule has 6 nitrogen and oxygen atoms in total. The van der Waals surface area contributed by atoms with Crippen molar-refractivity contribution in [1.82, 2.24) is 30.0 Å². The number of hydrogen-bond donors (Lipinski definition) is 0. The van der Waals surface area contributed by atoms with Gasteiger partial charge in [-0.05, 0) is 64.2 Å². The van der Waals surface area contributed by atoms with E-state index in [0.29, 0.717) is 0 Å². The first-order valence-electron chi connectivity index (χ1n) is 12.1. The van der Waals surface area contributed by atoms with Gasteiger partial charge in [-0.25, -0.2) is 0 Å². The molecule has 2 aromatic rings. The first-order chi connectivity index (χ1) is 15.9. The van der Waals surface area contributed by atoms with E-state index < -0.39 is 0 Å². The van der Waals surface area contributed by atoms with Gasteiger partial charge in [0.25, 0.3) is 0 Å². The molecule has 0 unspecified atom stereocenters. The molecule has 0 amide bonds. The third-order valence-corrected chi connectivity index (χ3v) is 6.02. The molecule has 2 aliphatic carbocycles. The van der Waals surface area contributed by atoms with Crippen molar-refractivity contribution in [3.8, 4) is 0 Å². The number of aromatic nitrogens is 6. The van der Waals surface area contributed by atoms with Crippen LogP contribution < -0.4 is 0 Å². The van der Waals surface area contributed by atoms with Crippen LogP contribution in [0, 0.1) is 63.2 Å². The maximum atomic E-state index is 4.26. The standard InChI is InChI=1S/C26H34N6/c1(3-5-7-13-19-31-21-25(27-29-31)23-15-9-10-16-23)2-4-6-8-14-20-32-22-26(28-30-32)24-17-11-12-18-24/h9-12,15-18,21-22H,1-8,13-14,19-20H2. The van der Waals surface area contributed by atoms with E-state index in [2.05, 4.69) is 58.7 Å². The van der Waals surface area contributed by atoms with Crippen LogP contribution >= 0.6 is 0 Å². The Kier molecular flexibility index (Phi) is 9.59. The first-order valence-corrected chi connectivity index (χ1v) is 12.1. The zero-order chi connectivity index (χ0) is 21.8. The second-order valence-electron chi connectivity index (χ2n) is 8.62. The van der Waals surface area contributed by atoms with Crippen LogP contribution in [0.15, 0.2) is 12.4 Å². The zero-order valence-corrected chi connectivity index (χ0v) is 18.9. The van der Waals surface area contributed by atoms with Crippen LogP contribution in [0.25, 0.3) is 0 Å². The monoisotopic (exact) mass is 430 g/mol. The molecule has 4 rings (SSSR count). The number of unbranched alkanes of at least 4 members (excludes halogenated alkanes) is 9. The quantitative estimate of drug-likeness (QED) is 0.374. The zero-order valence-electron chi connectivity index (χ0n) is 18.9. The molecule has 0 N–H and O–H groups in total. The molecular weight excluding hydrogens is 396 g/mol. The summed E-state index contributed by atoms with van der Waals surface area (Å²) in [5, 5.41) is 17.0. The first kappa shape index (κ1) is 23.4. The Morgan fingerprint density at radius 3 is 1.19 bits per heavy atom. The van der Waals surface area contributed by atoms with E-state index in [0.717, 1.165) is 36.3 Å². The molecule has 2 heterocycles. The molecule has 0 atom stereocenters. The van der Waals surface area contributed by atoms with Gasteiger partial charge < -0.3 is 0 Å². The summed E-state index contributed by atoms with van der Waals surface area (Å²) in [6, 6.07) is 0. The lowest BCUT2D eigenvalue weighted by Crippen LogP contribution is -1.99. The Labute approximate surface area is 194 Å². The van der Waals surface area contributed by atoms with Crippen molar-refractivity contribution < 1.29 is 0 Å². The second kappa shape index (κ2) is 13.1.